The summed E-state index contributed by atoms with van der Waals surface area (Å²) in [4.78, 5) is 0. The molecule has 1 unspecified atom stereocenters. The van der Waals surface area contributed by atoms with Crippen molar-refractivity contribution in [2.24, 2.45) is 22.9 Å². The highest BCUT2D eigenvalue weighted by Crippen LogP contribution is 2.09. The van der Waals surface area contributed by atoms with E-state index in [1.807, 2.05) is 0 Å². The second kappa shape index (κ2) is 23.8. The van der Waals surface area contributed by atoms with Gasteiger partial charge in [-0.1, -0.05) is 104 Å². The summed E-state index contributed by atoms with van der Waals surface area (Å²) in [7, 11) is 0. The highest BCUT2D eigenvalue weighted by molar-refractivity contribution is 4.60. The molecule has 0 aromatic heterocycles. The molecule has 8 N–H and O–H groups in total. The molecule has 0 spiro atoms. The first-order valence-electron chi connectivity index (χ1n) is 11.0. The normalized spacial score (nSPS) is 12.1. The van der Waals surface area contributed by atoms with Crippen LogP contribution < -0.4 is 22.9 Å². The van der Waals surface area contributed by atoms with Gasteiger partial charge in [0.1, 0.15) is 0 Å². The maximum atomic E-state index is 5.69. The third-order valence-corrected chi connectivity index (χ3v) is 4.62. The number of hydrogen-bond acceptors (Lipinski definition) is 4. The summed E-state index contributed by atoms with van der Waals surface area (Å²) in [6.45, 7) is 5.13. The summed E-state index contributed by atoms with van der Waals surface area (Å²) >= 11 is 0. The second-order valence-corrected chi connectivity index (χ2v) is 7.48. The molecule has 0 saturated carbocycles. The Morgan fingerprint density at radius 2 is 0.880 bits per heavy atom. The molecule has 0 radical (unpaired) electrons. The van der Waals surface area contributed by atoms with Crippen LogP contribution in [-0.4, -0.2) is 18.8 Å². The van der Waals surface area contributed by atoms with E-state index in [2.05, 4.69) is 13.8 Å². The molecular formula is C21H50N4. The predicted octanol–water partition coefficient (Wildman–Crippen LogP) is 4.78. The largest absolute Gasteiger partial charge is 0.329 e. The van der Waals surface area contributed by atoms with Crippen molar-refractivity contribution in [1.82, 2.24) is 0 Å². The highest BCUT2D eigenvalue weighted by Gasteiger charge is 1.98. The van der Waals surface area contributed by atoms with Crippen LogP contribution in [0, 0.1) is 0 Å². The quantitative estimate of drug-likeness (QED) is 0.222. The number of unbranched alkanes of at least 4 members (excludes halogenated alkanes) is 12. The Labute approximate surface area is 158 Å². The maximum Gasteiger partial charge on any atom is 0.0520 e. The van der Waals surface area contributed by atoms with Crippen LogP contribution in [0.2, 0.25) is 0 Å². The van der Waals surface area contributed by atoms with E-state index in [1.54, 1.807) is 0 Å². The topological polar surface area (TPSA) is 104 Å². The van der Waals surface area contributed by atoms with Crippen LogP contribution >= 0.6 is 0 Å². The fourth-order valence-corrected chi connectivity index (χ4v) is 2.82. The Morgan fingerprint density at radius 1 is 0.520 bits per heavy atom. The van der Waals surface area contributed by atoms with Gasteiger partial charge in [-0.05, 0) is 12.8 Å². The first-order chi connectivity index (χ1) is 12.1. The molecular weight excluding hydrogens is 308 g/mol. The fourth-order valence-electron chi connectivity index (χ4n) is 2.82. The van der Waals surface area contributed by atoms with Crippen LogP contribution in [0.4, 0.5) is 0 Å². The van der Waals surface area contributed by atoms with Gasteiger partial charge in [-0.3, -0.25) is 0 Å². The lowest BCUT2D eigenvalue weighted by Crippen LogP contribution is -2.29. The first-order valence-corrected chi connectivity index (χ1v) is 11.0. The van der Waals surface area contributed by atoms with E-state index in [4.69, 9.17) is 22.9 Å². The molecule has 1 atom stereocenters. The van der Waals surface area contributed by atoms with Crippen LogP contribution in [0.1, 0.15) is 117 Å². The summed E-state index contributed by atoms with van der Waals surface area (Å²) in [5.74, 6) is 0. The van der Waals surface area contributed by atoms with Crippen LogP contribution in [0.15, 0.2) is 0 Å². The molecule has 0 aromatic rings. The Kier molecular flexibility index (Phi) is 25.8. The van der Waals surface area contributed by atoms with Crippen molar-refractivity contribution in [3.63, 3.8) is 0 Å². The van der Waals surface area contributed by atoms with Gasteiger partial charge >= 0.3 is 0 Å². The molecule has 0 aliphatic heterocycles. The van der Waals surface area contributed by atoms with Gasteiger partial charge in [-0.15, -0.1) is 0 Å². The Balaban J connectivity index is 0. The maximum absolute atomic E-state index is 5.69. The zero-order valence-electron chi connectivity index (χ0n) is 17.5. The summed E-state index contributed by atoms with van der Waals surface area (Å²) in [5.41, 5.74) is 22.0. The Bertz CT molecular complexity index is 222. The summed E-state index contributed by atoms with van der Waals surface area (Å²) in [5, 5.41) is 0. The molecule has 4 nitrogen and oxygen atoms in total. The SMILES string of the molecule is CCCCCCCCC(N)CN.CCCCCCCCCCC(N)N. The first kappa shape index (κ1) is 27.1. The third-order valence-electron chi connectivity index (χ3n) is 4.62. The van der Waals surface area contributed by atoms with Crippen molar-refractivity contribution in [3.8, 4) is 0 Å². The van der Waals surface area contributed by atoms with E-state index in [0.29, 0.717) is 6.54 Å². The lowest BCUT2D eigenvalue weighted by atomic mass is 10.1. The van der Waals surface area contributed by atoms with Gasteiger partial charge in [0, 0.05) is 12.6 Å². The molecule has 0 fully saturated rings. The molecule has 0 amide bonds. The molecule has 0 rings (SSSR count). The van der Waals surface area contributed by atoms with E-state index in [-0.39, 0.29) is 12.2 Å². The standard InChI is InChI=1S/C11H26N2.C10H24N2/c1-2-3-4-5-6-7-8-9-10-11(12)13;1-2-3-4-5-6-7-8-10(12)9-11/h11H,2-10,12-13H2,1H3;10H,2-9,11-12H2,1H3. The van der Waals surface area contributed by atoms with E-state index in [9.17, 15) is 0 Å². The number of hydrogen-bond donors (Lipinski definition) is 4. The Hall–Kier alpha value is -0.160. The number of nitrogens with two attached hydrogens (primary N) is 4. The lowest BCUT2D eigenvalue weighted by Gasteiger charge is -2.07. The van der Waals surface area contributed by atoms with Gasteiger partial charge in [0.2, 0.25) is 0 Å². The molecule has 0 aromatic carbocycles. The zero-order valence-corrected chi connectivity index (χ0v) is 17.5. The van der Waals surface area contributed by atoms with E-state index in [1.165, 1.54) is 89.9 Å². The average molecular weight is 359 g/mol. The van der Waals surface area contributed by atoms with Crippen molar-refractivity contribution < 1.29 is 0 Å². The molecule has 0 aliphatic carbocycles. The minimum absolute atomic E-state index is 0.0971. The van der Waals surface area contributed by atoms with Crippen molar-refractivity contribution in [3.05, 3.63) is 0 Å². The van der Waals surface area contributed by atoms with Gasteiger partial charge in [-0.25, -0.2) is 0 Å². The highest BCUT2D eigenvalue weighted by atomic mass is 14.8. The van der Waals surface area contributed by atoms with Gasteiger partial charge in [0.25, 0.3) is 0 Å². The van der Waals surface area contributed by atoms with Crippen LogP contribution in [0.5, 0.6) is 0 Å². The van der Waals surface area contributed by atoms with Gasteiger partial charge in [-0.2, -0.15) is 0 Å². The molecule has 25 heavy (non-hydrogen) atoms. The number of rotatable bonds is 17. The minimum Gasteiger partial charge on any atom is -0.329 e. The van der Waals surface area contributed by atoms with Crippen LogP contribution in [0.3, 0.4) is 0 Å². The minimum atomic E-state index is -0.0971. The molecule has 0 bridgehead atoms. The molecule has 4 heteroatoms. The van der Waals surface area contributed by atoms with Gasteiger partial charge in [0.05, 0.1) is 6.17 Å². The van der Waals surface area contributed by atoms with Crippen molar-refractivity contribution in [1.29, 1.82) is 0 Å². The van der Waals surface area contributed by atoms with Crippen molar-refractivity contribution >= 4 is 0 Å². The van der Waals surface area contributed by atoms with Gasteiger partial charge in [0.15, 0.2) is 0 Å². The molecule has 154 valence electrons. The summed E-state index contributed by atoms with van der Waals surface area (Å²) in [6, 6.07) is 0.233. The van der Waals surface area contributed by atoms with Crippen molar-refractivity contribution in [2.75, 3.05) is 6.54 Å². The summed E-state index contributed by atoms with van der Waals surface area (Å²) in [6.07, 6.45) is 20.8. The summed E-state index contributed by atoms with van der Waals surface area (Å²) < 4.78 is 0. The van der Waals surface area contributed by atoms with Crippen molar-refractivity contribution in [2.45, 2.75) is 129 Å². The molecule has 0 aliphatic rings. The molecule has 0 heterocycles. The van der Waals surface area contributed by atoms with Crippen LogP contribution in [0.25, 0.3) is 0 Å². The van der Waals surface area contributed by atoms with Gasteiger partial charge < -0.3 is 22.9 Å². The Morgan fingerprint density at radius 3 is 1.24 bits per heavy atom. The monoisotopic (exact) mass is 358 g/mol. The fraction of sp³-hybridized carbons (Fsp3) is 1.00. The van der Waals surface area contributed by atoms with E-state index in [0.717, 1.165) is 12.8 Å². The van der Waals surface area contributed by atoms with E-state index < -0.39 is 0 Å². The predicted molar refractivity (Wildman–Crippen MR) is 114 cm³/mol. The average Bonchev–Trinajstić information content (AvgIpc) is 2.60. The molecule has 0 saturated heterocycles. The van der Waals surface area contributed by atoms with E-state index >= 15 is 0 Å². The lowest BCUT2D eigenvalue weighted by molar-refractivity contribution is 0.534. The smallest absolute Gasteiger partial charge is 0.0520 e. The van der Waals surface area contributed by atoms with Crippen LogP contribution in [-0.2, 0) is 0 Å². The third kappa shape index (κ3) is 28.9. The zero-order chi connectivity index (χ0) is 19.2. The second-order valence-electron chi connectivity index (χ2n) is 7.48.